The van der Waals surface area contributed by atoms with Gasteiger partial charge in [-0.3, -0.25) is 4.79 Å². The fourth-order valence-corrected chi connectivity index (χ4v) is 3.31. The molecule has 0 heterocycles. The van der Waals surface area contributed by atoms with Crippen LogP contribution in [-0.2, 0) is 16.0 Å². The van der Waals surface area contributed by atoms with E-state index in [-0.39, 0.29) is 5.91 Å². The second-order valence-corrected chi connectivity index (χ2v) is 6.39. The quantitative estimate of drug-likeness (QED) is 0.849. The second kappa shape index (κ2) is 7.43. The second-order valence-electron chi connectivity index (χ2n) is 6.39. The largest absolute Gasteiger partial charge is 0.480 e. The molecule has 0 saturated heterocycles. The average molecular weight is 303 g/mol. The highest BCUT2D eigenvalue weighted by atomic mass is 16.4. The van der Waals surface area contributed by atoms with Crippen LogP contribution in [0.5, 0.6) is 0 Å². The number of benzene rings is 1. The Morgan fingerprint density at radius 3 is 2.36 bits per heavy atom. The lowest BCUT2D eigenvalue weighted by Crippen LogP contribution is -2.43. The number of carboxylic acids is 1. The van der Waals surface area contributed by atoms with Gasteiger partial charge in [0.05, 0.1) is 0 Å². The fraction of sp³-hybridized carbons (Fsp3) is 0.556. The Hall–Kier alpha value is -1.84. The molecule has 2 rings (SSSR count). The van der Waals surface area contributed by atoms with E-state index in [1.165, 1.54) is 12.8 Å². The van der Waals surface area contributed by atoms with Crippen molar-refractivity contribution in [1.82, 2.24) is 5.32 Å². The van der Waals surface area contributed by atoms with Gasteiger partial charge in [0.2, 0.25) is 5.91 Å². The number of nitrogens with one attached hydrogen (secondary N) is 1. The van der Waals surface area contributed by atoms with Crippen LogP contribution in [0, 0.1) is 19.8 Å². The van der Waals surface area contributed by atoms with Crippen molar-refractivity contribution in [2.24, 2.45) is 5.92 Å². The van der Waals surface area contributed by atoms with Crippen molar-refractivity contribution >= 4 is 11.9 Å². The average Bonchev–Trinajstić information content (AvgIpc) is 2.94. The van der Waals surface area contributed by atoms with Crippen LogP contribution in [0.1, 0.15) is 48.8 Å². The molecule has 1 aliphatic carbocycles. The van der Waals surface area contributed by atoms with E-state index in [9.17, 15) is 14.7 Å². The van der Waals surface area contributed by atoms with Gasteiger partial charge in [-0.25, -0.2) is 4.79 Å². The molecule has 0 spiro atoms. The highest BCUT2D eigenvalue weighted by molar-refractivity contribution is 5.84. The lowest BCUT2D eigenvalue weighted by Gasteiger charge is -2.18. The third-order valence-corrected chi connectivity index (χ3v) is 4.63. The fourth-order valence-electron chi connectivity index (χ4n) is 3.31. The number of carbonyl (C=O) groups is 2. The summed E-state index contributed by atoms with van der Waals surface area (Å²) in [4.78, 5) is 23.6. The Morgan fingerprint density at radius 2 is 1.82 bits per heavy atom. The molecular formula is C18H25NO3. The van der Waals surface area contributed by atoms with E-state index >= 15 is 0 Å². The van der Waals surface area contributed by atoms with E-state index < -0.39 is 12.0 Å². The topological polar surface area (TPSA) is 66.4 Å². The van der Waals surface area contributed by atoms with Crippen LogP contribution < -0.4 is 5.32 Å². The van der Waals surface area contributed by atoms with Crippen LogP contribution >= 0.6 is 0 Å². The zero-order valence-electron chi connectivity index (χ0n) is 13.4. The van der Waals surface area contributed by atoms with Crippen LogP contribution in [0.25, 0.3) is 0 Å². The molecule has 1 aliphatic rings. The standard InChI is InChI=1S/C18H25NO3/c1-12-6-5-7-13(2)15(12)11-16(18(21)22)19-17(20)10-14-8-3-4-9-14/h5-7,14,16H,3-4,8-11H2,1-2H3,(H,19,20)(H,21,22)/t16-/m1/s1. The van der Waals surface area contributed by atoms with Gasteiger partial charge in [-0.1, -0.05) is 31.0 Å². The van der Waals surface area contributed by atoms with Crippen molar-refractivity contribution in [3.8, 4) is 0 Å². The first kappa shape index (κ1) is 16.5. The van der Waals surface area contributed by atoms with Crippen molar-refractivity contribution in [3.63, 3.8) is 0 Å². The number of aliphatic carboxylic acids is 1. The van der Waals surface area contributed by atoms with Gasteiger partial charge < -0.3 is 10.4 Å². The van der Waals surface area contributed by atoms with E-state index in [4.69, 9.17) is 0 Å². The Labute approximate surface area is 131 Å². The Kier molecular flexibility index (Phi) is 5.58. The third kappa shape index (κ3) is 4.33. The number of carboxylic acid groups (broad SMARTS) is 1. The molecule has 0 bridgehead atoms. The molecule has 0 aliphatic heterocycles. The molecule has 0 aromatic heterocycles. The van der Waals surface area contributed by atoms with Gasteiger partial charge in [-0.15, -0.1) is 0 Å². The van der Waals surface area contributed by atoms with Crippen molar-refractivity contribution < 1.29 is 14.7 Å². The van der Waals surface area contributed by atoms with E-state index in [0.717, 1.165) is 29.5 Å². The molecule has 22 heavy (non-hydrogen) atoms. The molecule has 1 aromatic carbocycles. The Bertz CT molecular complexity index is 527. The van der Waals surface area contributed by atoms with Crippen LogP contribution in [0.2, 0.25) is 0 Å². The van der Waals surface area contributed by atoms with E-state index in [1.807, 2.05) is 32.0 Å². The highest BCUT2D eigenvalue weighted by Gasteiger charge is 2.24. The van der Waals surface area contributed by atoms with Crippen LogP contribution in [0.15, 0.2) is 18.2 Å². The van der Waals surface area contributed by atoms with Crippen LogP contribution in [-0.4, -0.2) is 23.0 Å². The molecular weight excluding hydrogens is 278 g/mol. The Balaban J connectivity index is 2.00. The first-order valence-corrected chi connectivity index (χ1v) is 8.04. The van der Waals surface area contributed by atoms with E-state index in [0.29, 0.717) is 18.8 Å². The van der Waals surface area contributed by atoms with Crippen molar-refractivity contribution in [3.05, 3.63) is 34.9 Å². The molecule has 1 amide bonds. The lowest BCUT2D eigenvalue weighted by molar-refractivity contribution is -0.141. The monoisotopic (exact) mass is 303 g/mol. The van der Waals surface area contributed by atoms with E-state index in [2.05, 4.69) is 5.32 Å². The van der Waals surface area contributed by atoms with Crippen LogP contribution in [0.3, 0.4) is 0 Å². The van der Waals surface area contributed by atoms with Gasteiger partial charge in [-0.05, 0) is 49.3 Å². The summed E-state index contributed by atoms with van der Waals surface area (Å²) in [6, 6.07) is 5.06. The maximum Gasteiger partial charge on any atom is 0.326 e. The highest BCUT2D eigenvalue weighted by Crippen LogP contribution is 2.27. The minimum absolute atomic E-state index is 0.134. The number of hydrogen-bond donors (Lipinski definition) is 2. The maximum atomic E-state index is 12.1. The summed E-state index contributed by atoms with van der Waals surface area (Å²) < 4.78 is 0. The smallest absolute Gasteiger partial charge is 0.326 e. The summed E-state index contributed by atoms with van der Waals surface area (Å²) in [5.41, 5.74) is 3.14. The number of amides is 1. The summed E-state index contributed by atoms with van der Waals surface area (Å²) in [6.07, 6.45) is 5.33. The van der Waals surface area contributed by atoms with Crippen LogP contribution in [0.4, 0.5) is 0 Å². The third-order valence-electron chi connectivity index (χ3n) is 4.63. The maximum absolute atomic E-state index is 12.1. The Morgan fingerprint density at radius 1 is 1.23 bits per heavy atom. The summed E-state index contributed by atoms with van der Waals surface area (Å²) in [6.45, 7) is 3.95. The van der Waals surface area contributed by atoms with Gasteiger partial charge in [0.25, 0.3) is 0 Å². The summed E-state index contributed by atoms with van der Waals surface area (Å²) >= 11 is 0. The molecule has 2 N–H and O–H groups in total. The minimum Gasteiger partial charge on any atom is -0.480 e. The van der Waals surface area contributed by atoms with Gasteiger partial charge in [0.15, 0.2) is 0 Å². The van der Waals surface area contributed by atoms with Crippen molar-refractivity contribution in [2.75, 3.05) is 0 Å². The van der Waals surface area contributed by atoms with Crippen molar-refractivity contribution in [2.45, 2.75) is 58.4 Å². The summed E-state index contributed by atoms with van der Waals surface area (Å²) in [5.74, 6) is -0.678. The van der Waals surface area contributed by atoms with Gasteiger partial charge >= 0.3 is 5.97 Å². The number of hydrogen-bond acceptors (Lipinski definition) is 2. The lowest BCUT2D eigenvalue weighted by atomic mass is 9.96. The summed E-state index contributed by atoms with van der Waals surface area (Å²) in [7, 11) is 0. The summed E-state index contributed by atoms with van der Waals surface area (Å²) in [5, 5.41) is 12.1. The molecule has 4 nitrogen and oxygen atoms in total. The zero-order chi connectivity index (χ0) is 16.1. The predicted octanol–water partition coefficient (Wildman–Crippen LogP) is 3.00. The number of carbonyl (C=O) groups excluding carboxylic acids is 1. The molecule has 0 unspecified atom stereocenters. The molecule has 4 heteroatoms. The van der Waals surface area contributed by atoms with Gasteiger partial charge in [0, 0.05) is 12.8 Å². The first-order valence-electron chi connectivity index (χ1n) is 8.04. The SMILES string of the molecule is Cc1cccc(C)c1C[C@@H](NC(=O)CC1CCCC1)C(=O)O. The molecule has 0 radical (unpaired) electrons. The normalized spacial score (nSPS) is 16.5. The first-order chi connectivity index (χ1) is 10.5. The van der Waals surface area contributed by atoms with Gasteiger partial charge in [0.1, 0.15) is 6.04 Å². The molecule has 1 aromatic rings. The molecule has 1 fully saturated rings. The minimum atomic E-state index is -0.970. The number of aryl methyl sites for hydroxylation is 2. The van der Waals surface area contributed by atoms with Gasteiger partial charge in [-0.2, -0.15) is 0 Å². The molecule has 120 valence electrons. The van der Waals surface area contributed by atoms with Crippen molar-refractivity contribution in [1.29, 1.82) is 0 Å². The molecule has 1 atom stereocenters. The zero-order valence-corrected chi connectivity index (χ0v) is 13.4. The number of rotatable bonds is 6. The molecule has 1 saturated carbocycles. The van der Waals surface area contributed by atoms with E-state index in [1.54, 1.807) is 0 Å². The predicted molar refractivity (Wildman–Crippen MR) is 85.8 cm³/mol.